The third kappa shape index (κ3) is 1.64. The topological polar surface area (TPSA) is 81.9 Å². The van der Waals surface area contributed by atoms with Gasteiger partial charge >= 0.3 is 0 Å². The number of nitrogens with one attached hydrogen (secondary N) is 1. The van der Waals surface area contributed by atoms with Gasteiger partial charge in [0.15, 0.2) is 0 Å². The van der Waals surface area contributed by atoms with E-state index in [2.05, 4.69) is 15.7 Å². The van der Waals surface area contributed by atoms with E-state index in [-0.39, 0.29) is 6.04 Å². The minimum atomic E-state index is -0.149. The van der Waals surface area contributed by atoms with Crippen molar-refractivity contribution >= 4 is 0 Å². The highest BCUT2D eigenvalue weighted by atomic mass is 16.3. The lowest BCUT2D eigenvalue weighted by Crippen LogP contribution is -2.30. The molecule has 0 saturated heterocycles. The average Bonchev–Trinajstić information content (AvgIpc) is 2.80. The standard InChI is InChI=1S/C9H13N5O/c1-6-7(3-4-15-6)9(12-10)8-5-11-13-14(8)2/h3-5,9,12H,10H2,1-2H3. The first-order chi connectivity index (χ1) is 7.24. The SMILES string of the molecule is Cc1occc1C(NN)c1cnnn1C. The van der Waals surface area contributed by atoms with E-state index in [0.717, 1.165) is 17.0 Å². The molecule has 0 bridgehead atoms. The summed E-state index contributed by atoms with van der Waals surface area (Å²) in [7, 11) is 1.82. The maximum atomic E-state index is 5.53. The molecule has 0 spiro atoms. The summed E-state index contributed by atoms with van der Waals surface area (Å²) in [6.45, 7) is 1.89. The monoisotopic (exact) mass is 207 g/mol. The van der Waals surface area contributed by atoms with Gasteiger partial charge in [-0.1, -0.05) is 5.21 Å². The summed E-state index contributed by atoms with van der Waals surface area (Å²) in [4.78, 5) is 0. The largest absolute Gasteiger partial charge is 0.469 e. The molecular weight excluding hydrogens is 194 g/mol. The summed E-state index contributed by atoms with van der Waals surface area (Å²) in [5.41, 5.74) is 4.61. The van der Waals surface area contributed by atoms with Gasteiger partial charge in [-0.2, -0.15) is 0 Å². The fourth-order valence-electron chi connectivity index (χ4n) is 1.59. The van der Waals surface area contributed by atoms with E-state index in [4.69, 9.17) is 10.3 Å². The van der Waals surface area contributed by atoms with Gasteiger partial charge < -0.3 is 4.42 Å². The minimum absolute atomic E-state index is 0.149. The summed E-state index contributed by atoms with van der Waals surface area (Å²) in [5, 5.41) is 7.68. The van der Waals surface area contributed by atoms with Crippen LogP contribution in [-0.2, 0) is 7.05 Å². The highest BCUT2D eigenvalue weighted by molar-refractivity contribution is 5.27. The first-order valence-corrected chi connectivity index (χ1v) is 4.58. The Morgan fingerprint density at radius 3 is 2.87 bits per heavy atom. The molecule has 2 heterocycles. The van der Waals surface area contributed by atoms with Crippen LogP contribution in [0.2, 0.25) is 0 Å². The van der Waals surface area contributed by atoms with Gasteiger partial charge in [-0.25, -0.2) is 5.43 Å². The van der Waals surface area contributed by atoms with E-state index in [1.807, 2.05) is 20.0 Å². The van der Waals surface area contributed by atoms with Crippen LogP contribution in [0.25, 0.3) is 0 Å². The number of aryl methyl sites for hydroxylation is 2. The molecule has 0 aliphatic heterocycles. The Morgan fingerprint density at radius 1 is 1.60 bits per heavy atom. The molecule has 0 fully saturated rings. The fraction of sp³-hybridized carbons (Fsp3) is 0.333. The van der Waals surface area contributed by atoms with Crippen molar-refractivity contribution in [1.29, 1.82) is 0 Å². The van der Waals surface area contributed by atoms with E-state index in [1.165, 1.54) is 0 Å². The van der Waals surface area contributed by atoms with Gasteiger partial charge in [-0.3, -0.25) is 10.5 Å². The molecule has 0 radical (unpaired) electrons. The van der Waals surface area contributed by atoms with Crippen LogP contribution >= 0.6 is 0 Å². The highest BCUT2D eigenvalue weighted by Crippen LogP contribution is 2.23. The zero-order valence-corrected chi connectivity index (χ0v) is 8.64. The lowest BCUT2D eigenvalue weighted by Gasteiger charge is -2.14. The fourth-order valence-corrected chi connectivity index (χ4v) is 1.59. The summed E-state index contributed by atoms with van der Waals surface area (Å²) in [5.74, 6) is 6.36. The lowest BCUT2D eigenvalue weighted by molar-refractivity contribution is 0.512. The van der Waals surface area contributed by atoms with Gasteiger partial charge in [0.25, 0.3) is 0 Å². The van der Waals surface area contributed by atoms with Crippen molar-refractivity contribution in [2.24, 2.45) is 12.9 Å². The van der Waals surface area contributed by atoms with Crippen LogP contribution in [-0.4, -0.2) is 15.0 Å². The predicted molar refractivity (Wildman–Crippen MR) is 53.6 cm³/mol. The van der Waals surface area contributed by atoms with Crippen LogP contribution in [0.5, 0.6) is 0 Å². The summed E-state index contributed by atoms with van der Waals surface area (Å²) < 4.78 is 6.92. The van der Waals surface area contributed by atoms with Crippen LogP contribution < -0.4 is 11.3 Å². The number of hydrogen-bond donors (Lipinski definition) is 2. The molecular formula is C9H13N5O. The molecule has 0 saturated carbocycles. The Bertz CT molecular complexity index is 407. The third-order valence-electron chi connectivity index (χ3n) is 2.42. The molecule has 6 heteroatoms. The van der Waals surface area contributed by atoms with E-state index in [9.17, 15) is 0 Å². The van der Waals surface area contributed by atoms with Gasteiger partial charge in [0.2, 0.25) is 0 Å². The molecule has 80 valence electrons. The molecule has 0 aromatic carbocycles. The molecule has 0 amide bonds. The predicted octanol–water partition coefficient (Wildman–Crippen LogP) is 0.269. The Hall–Kier alpha value is -1.66. The first-order valence-electron chi connectivity index (χ1n) is 4.58. The van der Waals surface area contributed by atoms with Crippen LogP contribution in [0, 0.1) is 6.92 Å². The van der Waals surface area contributed by atoms with Gasteiger partial charge in [-0.05, 0) is 13.0 Å². The van der Waals surface area contributed by atoms with Crippen LogP contribution in [0.15, 0.2) is 22.9 Å². The Kier molecular flexibility index (Phi) is 2.53. The molecule has 3 N–H and O–H groups in total. The zero-order chi connectivity index (χ0) is 10.8. The number of hydrazine groups is 1. The van der Waals surface area contributed by atoms with Gasteiger partial charge in [0.1, 0.15) is 5.76 Å². The number of nitrogens with zero attached hydrogens (tertiary/aromatic N) is 3. The van der Waals surface area contributed by atoms with E-state index < -0.39 is 0 Å². The molecule has 15 heavy (non-hydrogen) atoms. The number of nitrogens with two attached hydrogens (primary N) is 1. The maximum absolute atomic E-state index is 5.53. The Balaban J connectivity index is 2.41. The van der Waals surface area contributed by atoms with E-state index in [1.54, 1.807) is 17.1 Å². The van der Waals surface area contributed by atoms with Crippen molar-refractivity contribution < 1.29 is 4.42 Å². The van der Waals surface area contributed by atoms with Crippen molar-refractivity contribution in [2.45, 2.75) is 13.0 Å². The van der Waals surface area contributed by atoms with Crippen molar-refractivity contribution in [3.63, 3.8) is 0 Å². The molecule has 1 unspecified atom stereocenters. The minimum Gasteiger partial charge on any atom is -0.469 e. The second-order valence-corrected chi connectivity index (χ2v) is 3.31. The Morgan fingerprint density at radius 2 is 2.40 bits per heavy atom. The normalized spacial score (nSPS) is 13.0. The van der Waals surface area contributed by atoms with E-state index >= 15 is 0 Å². The molecule has 1 atom stereocenters. The molecule has 6 nitrogen and oxygen atoms in total. The van der Waals surface area contributed by atoms with Crippen molar-refractivity contribution in [1.82, 2.24) is 20.4 Å². The van der Waals surface area contributed by atoms with Crippen LogP contribution in [0.1, 0.15) is 23.1 Å². The number of furan rings is 1. The summed E-state index contributed by atoms with van der Waals surface area (Å²) in [6.07, 6.45) is 3.32. The molecule has 2 rings (SSSR count). The smallest absolute Gasteiger partial charge is 0.105 e. The molecule has 2 aromatic heterocycles. The van der Waals surface area contributed by atoms with E-state index in [0.29, 0.717) is 0 Å². The van der Waals surface area contributed by atoms with Crippen molar-refractivity contribution in [2.75, 3.05) is 0 Å². The van der Waals surface area contributed by atoms with Crippen molar-refractivity contribution in [3.05, 3.63) is 35.5 Å². The quantitative estimate of drug-likeness (QED) is 0.557. The molecule has 2 aromatic rings. The number of hydrogen-bond acceptors (Lipinski definition) is 5. The van der Waals surface area contributed by atoms with Gasteiger partial charge in [-0.15, -0.1) is 5.10 Å². The number of aromatic nitrogens is 3. The summed E-state index contributed by atoms with van der Waals surface area (Å²) in [6, 6.07) is 1.73. The van der Waals surface area contributed by atoms with Crippen LogP contribution in [0.3, 0.4) is 0 Å². The molecule has 0 aliphatic rings. The number of rotatable bonds is 3. The highest BCUT2D eigenvalue weighted by Gasteiger charge is 2.19. The first kappa shape index (κ1) is 9.88. The second kappa shape index (κ2) is 3.84. The lowest BCUT2D eigenvalue weighted by atomic mass is 10.1. The maximum Gasteiger partial charge on any atom is 0.105 e. The van der Waals surface area contributed by atoms with Crippen LogP contribution in [0.4, 0.5) is 0 Å². The van der Waals surface area contributed by atoms with Gasteiger partial charge in [0.05, 0.1) is 24.2 Å². The third-order valence-corrected chi connectivity index (χ3v) is 2.42. The Labute approximate surface area is 87.0 Å². The average molecular weight is 207 g/mol. The summed E-state index contributed by atoms with van der Waals surface area (Å²) >= 11 is 0. The van der Waals surface area contributed by atoms with Crippen molar-refractivity contribution in [3.8, 4) is 0 Å². The molecule has 0 aliphatic carbocycles. The zero-order valence-electron chi connectivity index (χ0n) is 8.64. The van der Waals surface area contributed by atoms with Gasteiger partial charge in [0, 0.05) is 12.6 Å². The second-order valence-electron chi connectivity index (χ2n) is 3.31.